The molecule has 6 heteroatoms. The standard InChI is InChI=1S/C11H20N4O2/c1-8-7-15(6-5-14(8)2)10(16)11(3-4-11)9(12)13-17/h8,17H,3-7H2,1-2H3,(H2,12,13). The molecule has 2 rings (SSSR count). The molecule has 0 radical (unpaired) electrons. The second-order valence-corrected chi connectivity index (χ2v) is 5.15. The molecule has 1 saturated carbocycles. The Morgan fingerprint density at radius 3 is 2.59 bits per heavy atom. The van der Waals surface area contributed by atoms with Crippen molar-refractivity contribution >= 4 is 11.7 Å². The molecular weight excluding hydrogens is 220 g/mol. The Hall–Kier alpha value is -1.30. The molecule has 2 aliphatic rings. The van der Waals surface area contributed by atoms with E-state index in [1.54, 1.807) is 0 Å². The minimum atomic E-state index is -0.704. The zero-order chi connectivity index (χ0) is 12.6. The van der Waals surface area contributed by atoms with Crippen molar-refractivity contribution in [2.24, 2.45) is 16.3 Å². The maximum absolute atomic E-state index is 12.4. The number of likely N-dealkylation sites (N-methyl/N-ethyl adjacent to an activating group) is 1. The second-order valence-electron chi connectivity index (χ2n) is 5.15. The molecule has 1 atom stereocenters. The Morgan fingerprint density at radius 2 is 2.12 bits per heavy atom. The highest BCUT2D eigenvalue weighted by Crippen LogP contribution is 2.47. The van der Waals surface area contributed by atoms with E-state index in [-0.39, 0.29) is 11.7 Å². The first-order valence-corrected chi connectivity index (χ1v) is 5.99. The van der Waals surface area contributed by atoms with Crippen LogP contribution in [0.5, 0.6) is 0 Å². The van der Waals surface area contributed by atoms with E-state index in [9.17, 15) is 4.79 Å². The van der Waals surface area contributed by atoms with Crippen molar-refractivity contribution in [3.63, 3.8) is 0 Å². The van der Waals surface area contributed by atoms with Crippen LogP contribution in [0.15, 0.2) is 5.16 Å². The predicted molar refractivity (Wildman–Crippen MR) is 63.7 cm³/mol. The first kappa shape index (κ1) is 12.2. The average Bonchev–Trinajstić information content (AvgIpc) is 3.12. The maximum Gasteiger partial charge on any atom is 0.236 e. The summed E-state index contributed by atoms with van der Waals surface area (Å²) in [5.41, 5.74) is 4.92. The van der Waals surface area contributed by atoms with E-state index in [2.05, 4.69) is 24.0 Å². The number of amides is 1. The number of hydrogen-bond donors (Lipinski definition) is 2. The zero-order valence-corrected chi connectivity index (χ0v) is 10.4. The van der Waals surface area contributed by atoms with Crippen molar-refractivity contribution in [3.8, 4) is 0 Å². The third-order valence-electron chi connectivity index (χ3n) is 4.00. The van der Waals surface area contributed by atoms with Crippen LogP contribution in [-0.2, 0) is 4.79 Å². The van der Waals surface area contributed by atoms with Crippen LogP contribution < -0.4 is 5.73 Å². The van der Waals surface area contributed by atoms with Crippen molar-refractivity contribution in [3.05, 3.63) is 0 Å². The fourth-order valence-corrected chi connectivity index (χ4v) is 2.34. The molecule has 1 saturated heterocycles. The van der Waals surface area contributed by atoms with Crippen molar-refractivity contribution in [2.45, 2.75) is 25.8 Å². The summed E-state index contributed by atoms with van der Waals surface area (Å²) in [5.74, 6) is 0.0850. The van der Waals surface area contributed by atoms with Gasteiger partial charge in [-0.1, -0.05) is 5.16 Å². The molecule has 1 aliphatic carbocycles. The molecule has 0 aromatic rings. The number of nitrogens with two attached hydrogens (primary N) is 1. The quantitative estimate of drug-likeness (QED) is 0.300. The van der Waals surface area contributed by atoms with Crippen LogP contribution in [0.2, 0.25) is 0 Å². The topological polar surface area (TPSA) is 82.2 Å². The van der Waals surface area contributed by atoms with Gasteiger partial charge in [0, 0.05) is 25.7 Å². The van der Waals surface area contributed by atoms with Crippen molar-refractivity contribution in [2.75, 3.05) is 26.7 Å². The zero-order valence-electron chi connectivity index (χ0n) is 10.4. The van der Waals surface area contributed by atoms with Gasteiger partial charge in [-0.3, -0.25) is 4.79 Å². The van der Waals surface area contributed by atoms with Crippen LogP contribution in [0.25, 0.3) is 0 Å². The van der Waals surface area contributed by atoms with E-state index in [0.29, 0.717) is 18.9 Å². The Balaban J connectivity index is 2.06. The number of rotatable bonds is 2. The number of piperazine rings is 1. The summed E-state index contributed by atoms with van der Waals surface area (Å²) in [6.07, 6.45) is 1.39. The fraction of sp³-hybridized carbons (Fsp3) is 0.818. The average molecular weight is 240 g/mol. The van der Waals surface area contributed by atoms with E-state index < -0.39 is 5.41 Å². The highest BCUT2D eigenvalue weighted by molar-refractivity contribution is 6.09. The van der Waals surface area contributed by atoms with Gasteiger partial charge in [-0.05, 0) is 26.8 Å². The first-order valence-electron chi connectivity index (χ1n) is 5.99. The SMILES string of the molecule is CC1CN(C(=O)C2(C(N)=NO)CC2)CCN1C. The highest BCUT2D eigenvalue weighted by atomic mass is 16.4. The highest BCUT2D eigenvalue weighted by Gasteiger charge is 2.56. The van der Waals surface area contributed by atoms with E-state index in [0.717, 1.165) is 19.6 Å². The van der Waals surface area contributed by atoms with Crippen LogP contribution in [-0.4, -0.2) is 59.5 Å². The normalized spacial score (nSPS) is 29.2. The van der Waals surface area contributed by atoms with E-state index in [4.69, 9.17) is 10.9 Å². The molecule has 3 N–H and O–H groups in total. The summed E-state index contributed by atoms with van der Waals surface area (Å²) in [4.78, 5) is 16.4. The van der Waals surface area contributed by atoms with Gasteiger partial charge in [-0.25, -0.2) is 0 Å². The lowest BCUT2D eigenvalue weighted by molar-refractivity contribution is -0.137. The number of hydrogen-bond acceptors (Lipinski definition) is 4. The van der Waals surface area contributed by atoms with Gasteiger partial charge in [0.2, 0.25) is 5.91 Å². The molecule has 96 valence electrons. The number of oxime groups is 1. The number of carbonyl (C=O) groups is 1. The second kappa shape index (κ2) is 4.18. The smallest absolute Gasteiger partial charge is 0.236 e. The van der Waals surface area contributed by atoms with Gasteiger partial charge < -0.3 is 20.7 Å². The minimum absolute atomic E-state index is 0.0211. The molecule has 0 aromatic heterocycles. The van der Waals surface area contributed by atoms with Gasteiger partial charge in [-0.15, -0.1) is 0 Å². The third kappa shape index (κ3) is 1.97. The molecule has 6 nitrogen and oxygen atoms in total. The minimum Gasteiger partial charge on any atom is -0.409 e. The predicted octanol–water partition coefficient (Wildman–Crippen LogP) is -0.324. The van der Waals surface area contributed by atoms with E-state index in [1.807, 2.05) is 4.90 Å². The van der Waals surface area contributed by atoms with Gasteiger partial charge in [0.1, 0.15) is 5.41 Å². The summed E-state index contributed by atoms with van der Waals surface area (Å²) in [7, 11) is 2.06. The number of carbonyl (C=O) groups excluding carboxylic acids is 1. The van der Waals surface area contributed by atoms with Gasteiger partial charge in [0.15, 0.2) is 5.84 Å². The van der Waals surface area contributed by atoms with Gasteiger partial charge in [-0.2, -0.15) is 0 Å². The molecular formula is C11H20N4O2. The van der Waals surface area contributed by atoms with E-state index >= 15 is 0 Å². The molecule has 1 unspecified atom stereocenters. The molecule has 1 aliphatic heterocycles. The molecule has 1 heterocycles. The van der Waals surface area contributed by atoms with Crippen LogP contribution in [0.1, 0.15) is 19.8 Å². The van der Waals surface area contributed by atoms with Crippen LogP contribution in [0.3, 0.4) is 0 Å². The molecule has 0 aromatic carbocycles. The van der Waals surface area contributed by atoms with Crippen molar-refractivity contribution in [1.29, 1.82) is 0 Å². The van der Waals surface area contributed by atoms with Gasteiger partial charge in [0.05, 0.1) is 0 Å². The first-order chi connectivity index (χ1) is 8.01. The van der Waals surface area contributed by atoms with Crippen LogP contribution in [0, 0.1) is 5.41 Å². The third-order valence-corrected chi connectivity index (χ3v) is 4.00. The van der Waals surface area contributed by atoms with Gasteiger partial charge >= 0.3 is 0 Å². The lowest BCUT2D eigenvalue weighted by Gasteiger charge is -2.39. The Labute approximate surface area is 101 Å². The number of amidine groups is 1. The Morgan fingerprint density at radius 1 is 1.47 bits per heavy atom. The molecule has 2 fully saturated rings. The lowest BCUT2D eigenvalue weighted by Crippen LogP contribution is -2.55. The fourth-order valence-electron chi connectivity index (χ4n) is 2.34. The monoisotopic (exact) mass is 240 g/mol. The summed E-state index contributed by atoms with van der Waals surface area (Å²) in [6.45, 7) is 4.41. The van der Waals surface area contributed by atoms with E-state index in [1.165, 1.54) is 0 Å². The summed E-state index contributed by atoms with van der Waals surface area (Å²) >= 11 is 0. The molecule has 17 heavy (non-hydrogen) atoms. The summed E-state index contributed by atoms with van der Waals surface area (Å²) in [6, 6.07) is 0.357. The molecule has 0 spiro atoms. The largest absolute Gasteiger partial charge is 0.409 e. The Bertz CT molecular complexity index is 351. The molecule has 0 bridgehead atoms. The van der Waals surface area contributed by atoms with Crippen LogP contribution in [0.4, 0.5) is 0 Å². The van der Waals surface area contributed by atoms with Crippen molar-refractivity contribution in [1.82, 2.24) is 9.80 Å². The summed E-state index contributed by atoms with van der Waals surface area (Å²) < 4.78 is 0. The van der Waals surface area contributed by atoms with Crippen molar-refractivity contribution < 1.29 is 10.0 Å². The lowest BCUT2D eigenvalue weighted by atomic mass is 10.0. The molecule has 1 amide bonds. The summed E-state index contributed by atoms with van der Waals surface area (Å²) in [5, 5.41) is 11.7. The number of nitrogens with zero attached hydrogens (tertiary/aromatic N) is 3. The van der Waals surface area contributed by atoms with Gasteiger partial charge in [0.25, 0.3) is 0 Å². The maximum atomic E-state index is 12.4. The van der Waals surface area contributed by atoms with Crippen LogP contribution >= 0.6 is 0 Å². The Kier molecular flexibility index (Phi) is 2.99.